The molecule has 12 heteroatoms. The van der Waals surface area contributed by atoms with Gasteiger partial charge in [-0.3, -0.25) is 10.1 Å². The van der Waals surface area contributed by atoms with Gasteiger partial charge >= 0.3 is 15.5 Å². The largest absolute Gasteiger partial charge is 0.516 e. The molecule has 0 radical (unpaired) electrons. The maximum absolute atomic E-state index is 13.0. The molecule has 0 amide bonds. The van der Waals surface area contributed by atoms with E-state index >= 15 is 0 Å². The van der Waals surface area contributed by atoms with E-state index in [4.69, 9.17) is 10.6 Å². The molecule has 0 aromatic heterocycles. The molecular weight excluding hydrogens is 502 g/mol. The summed E-state index contributed by atoms with van der Waals surface area (Å²) >= 11 is 0. The minimum absolute atomic E-state index is 0. The Labute approximate surface area is 204 Å². The zero-order valence-corrected chi connectivity index (χ0v) is 20.7. The average molecular weight is 530 g/mol. The number of alkyl halides is 3. The Hall–Kier alpha value is -1.72. The molecule has 1 atom stereocenters. The number of anilines is 1. The predicted octanol–water partition coefficient (Wildman–Crippen LogP) is 4.62. The monoisotopic (exact) mass is 529 g/mol. The summed E-state index contributed by atoms with van der Waals surface area (Å²) in [7, 11) is -3.17. The Balaban J connectivity index is 0.00000272. The topological polar surface area (TPSA) is 75.9 Å². The minimum atomic E-state index is -5.52. The minimum Gasteiger partial charge on any atom is -0.496 e. The number of piperidine rings is 1. The maximum atomic E-state index is 13.0. The van der Waals surface area contributed by atoms with Crippen molar-refractivity contribution in [2.45, 2.75) is 36.7 Å². The Morgan fingerprint density at radius 2 is 1.76 bits per heavy atom. The SMILES string of the molecule is COc1ccc(N(C)S(=O)(=O)C(F)(F)F)cc1CC1(c2ccccc2)CCCCN1N.Cl.Cl. The lowest BCUT2D eigenvalue weighted by Gasteiger charge is -2.45. The third-order valence-corrected chi connectivity index (χ3v) is 7.38. The van der Waals surface area contributed by atoms with Gasteiger partial charge < -0.3 is 4.74 Å². The van der Waals surface area contributed by atoms with E-state index in [1.165, 1.54) is 25.3 Å². The van der Waals surface area contributed by atoms with Crippen molar-refractivity contribution in [2.75, 3.05) is 25.0 Å². The van der Waals surface area contributed by atoms with Crippen LogP contribution in [0.2, 0.25) is 0 Å². The summed E-state index contributed by atoms with van der Waals surface area (Å²) in [6.45, 7) is 0.666. The van der Waals surface area contributed by atoms with E-state index in [0.717, 1.165) is 31.9 Å². The van der Waals surface area contributed by atoms with Crippen molar-refractivity contribution in [3.63, 3.8) is 0 Å². The molecule has 0 aliphatic carbocycles. The zero-order chi connectivity index (χ0) is 22.9. The van der Waals surface area contributed by atoms with Crippen LogP contribution in [0.25, 0.3) is 0 Å². The zero-order valence-electron chi connectivity index (χ0n) is 18.2. The van der Waals surface area contributed by atoms with E-state index < -0.39 is 21.1 Å². The molecule has 2 aromatic carbocycles. The van der Waals surface area contributed by atoms with Crippen LogP contribution < -0.4 is 14.9 Å². The van der Waals surface area contributed by atoms with E-state index in [9.17, 15) is 21.6 Å². The van der Waals surface area contributed by atoms with E-state index in [1.807, 2.05) is 30.3 Å². The van der Waals surface area contributed by atoms with Crippen LogP contribution in [0.3, 0.4) is 0 Å². The Morgan fingerprint density at radius 3 is 2.30 bits per heavy atom. The molecule has 1 heterocycles. The predicted molar refractivity (Wildman–Crippen MR) is 127 cm³/mol. The summed E-state index contributed by atoms with van der Waals surface area (Å²) in [5, 5.41) is 1.77. The number of methoxy groups -OCH3 is 1. The van der Waals surface area contributed by atoms with Crippen LogP contribution >= 0.6 is 24.8 Å². The highest BCUT2D eigenvalue weighted by Crippen LogP contribution is 2.41. The molecule has 1 aliphatic heterocycles. The van der Waals surface area contributed by atoms with Gasteiger partial charge in [-0.25, -0.2) is 5.01 Å². The van der Waals surface area contributed by atoms with Crippen LogP contribution in [0.15, 0.2) is 48.5 Å². The first-order valence-corrected chi connectivity index (χ1v) is 11.3. The van der Waals surface area contributed by atoms with Gasteiger partial charge in [0, 0.05) is 13.6 Å². The van der Waals surface area contributed by atoms with Gasteiger partial charge in [-0.15, -0.1) is 24.8 Å². The van der Waals surface area contributed by atoms with E-state index in [2.05, 4.69) is 0 Å². The van der Waals surface area contributed by atoms with Crippen LogP contribution in [-0.4, -0.2) is 39.6 Å². The standard InChI is InChI=1S/C21H26F3N3O3S.2ClH/c1-26(31(28,29)21(22,23)24)18-10-11-19(30-2)16(14-18)15-20(12-6-7-13-27(20)25)17-8-4-3-5-9-17;;/h3-5,8-11,14H,6-7,12-13,15,25H2,1-2H3;2*1H. The van der Waals surface area contributed by atoms with E-state index in [1.54, 1.807) is 5.01 Å². The molecular formula is C21H28Cl2F3N3O3S. The van der Waals surface area contributed by atoms with Gasteiger partial charge in [-0.1, -0.05) is 30.3 Å². The number of ether oxygens (including phenoxy) is 1. The Morgan fingerprint density at radius 1 is 1.12 bits per heavy atom. The third kappa shape index (κ3) is 5.68. The number of halogens is 5. The fourth-order valence-corrected chi connectivity index (χ4v) is 4.82. The van der Waals surface area contributed by atoms with Crippen molar-refractivity contribution < 1.29 is 26.3 Å². The number of sulfonamides is 1. The molecule has 0 spiro atoms. The molecule has 186 valence electrons. The highest BCUT2D eigenvalue weighted by atomic mass is 35.5. The van der Waals surface area contributed by atoms with E-state index in [-0.39, 0.29) is 34.8 Å². The highest BCUT2D eigenvalue weighted by Gasteiger charge is 2.49. The number of benzene rings is 2. The number of rotatable bonds is 6. The second-order valence-electron chi connectivity index (χ2n) is 7.64. The maximum Gasteiger partial charge on any atom is 0.516 e. The summed E-state index contributed by atoms with van der Waals surface area (Å²) in [6.07, 6.45) is 2.98. The van der Waals surface area contributed by atoms with Crippen molar-refractivity contribution in [2.24, 2.45) is 5.84 Å². The molecule has 3 rings (SSSR count). The number of nitrogens with two attached hydrogens (primary N) is 1. The summed E-state index contributed by atoms with van der Waals surface area (Å²) in [6, 6.07) is 13.9. The molecule has 0 bridgehead atoms. The molecule has 1 unspecified atom stereocenters. The van der Waals surface area contributed by atoms with Crippen LogP contribution in [0.1, 0.15) is 30.4 Å². The van der Waals surface area contributed by atoms with Crippen molar-refractivity contribution in [1.29, 1.82) is 0 Å². The molecule has 0 saturated carbocycles. The van der Waals surface area contributed by atoms with Crippen LogP contribution in [-0.2, 0) is 22.0 Å². The first-order valence-electron chi connectivity index (χ1n) is 9.83. The summed E-state index contributed by atoms with van der Waals surface area (Å²) in [5.41, 5.74) is -4.53. The number of hydrazine groups is 1. The van der Waals surface area contributed by atoms with Crippen LogP contribution in [0.4, 0.5) is 18.9 Å². The second kappa shape index (κ2) is 11.1. The lowest BCUT2D eigenvalue weighted by atomic mass is 9.77. The third-order valence-electron chi connectivity index (χ3n) is 5.86. The lowest BCUT2D eigenvalue weighted by Crippen LogP contribution is -2.54. The highest BCUT2D eigenvalue weighted by molar-refractivity contribution is 7.93. The van der Waals surface area contributed by atoms with Gasteiger partial charge in [-0.05, 0) is 55.0 Å². The van der Waals surface area contributed by atoms with Crippen molar-refractivity contribution in [3.05, 3.63) is 59.7 Å². The quantitative estimate of drug-likeness (QED) is 0.552. The van der Waals surface area contributed by atoms with Gasteiger partial charge in [-0.2, -0.15) is 21.6 Å². The van der Waals surface area contributed by atoms with Crippen LogP contribution in [0, 0.1) is 0 Å². The molecule has 2 aromatic rings. The number of hydrogen-bond donors (Lipinski definition) is 1. The summed E-state index contributed by atoms with van der Waals surface area (Å²) < 4.78 is 68.6. The Kier molecular flexibility index (Phi) is 9.89. The number of nitrogens with zero attached hydrogens (tertiary/aromatic N) is 2. The Bertz CT molecular complexity index is 1030. The van der Waals surface area contributed by atoms with Gasteiger partial charge in [0.15, 0.2) is 0 Å². The summed E-state index contributed by atoms with van der Waals surface area (Å²) in [4.78, 5) is 0. The normalized spacial score (nSPS) is 19.2. The van der Waals surface area contributed by atoms with Crippen molar-refractivity contribution in [3.8, 4) is 5.75 Å². The van der Waals surface area contributed by atoms with Crippen LogP contribution in [0.5, 0.6) is 5.75 Å². The van der Waals surface area contributed by atoms with Gasteiger partial charge in [0.05, 0.1) is 18.3 Å². The molecule has 1 fully saturated rings. The second-order valence-corrected chi connectivity index (χ2v) is 9.60. The van der Waals surface area contributed by atoms with Crippen molar-refractivity contribution >= 4 is 40.5 Å². The average Bonchev–Trinajstić information content (AvgIpc) is 2.74. The lowest BCUT2D eigenvalue weighted by molar-refractivity contribution is -0.0437. The van der Waals surface area contributed by atoms with Gasteiger partial charge in [0.1, 0.15) is 5.75 Å². The van der Waals surface area contributed by atoms with Gasteiger partial charge in [0.2, 0.25) is 0 Å². The fraction of sp³-hybridized carbons (Fsp3) is 0.429. The molecule has 33 heavy (non-hydrogen) atoms. The van der Waals surface area contributed by atoms with Gasteiger partial charge in [0.25, 0.3) is 0 Å². The van der Waals surface area contributed by atoms with Crippen molar-refractivity contribution in [1.82, 2.24) is 5.01 Å². The first kappa shape index (κ1) is 29.3. The molecule has 6 nitrogen and oxygen atoms in total. The van der Waals surface area contributed by atoms with E-state index in [0.29, 0.717) is 24.3 Å². The molecule has 2 N–H and O–H groups in total. The summed E-state index contributed by atoms with van der Waals surface area (Å²) in [5.74, 6) is 6.90. The molecule has 1 aliphatic rings. The smallest absolute Gasteiger partial charge is 0.496 e. The first-order chi connectivity index (χ1) is 14.5. The number of hydrogen-bond acceptors (Lipinski definition) is 5. The fourth-order valence-electron chi connectivity index (χ4n) is 4.12. The molecule has 1 saturated heterocycles.